The van der Waals surface area contributed by atoms with Gasteiger partial charge < -0.3 is 14.7 Å². The number of ether oxygens (including phenoxy) is 1. The van der Waals surface area contributed by atoms with Crippen molar-refractivity contribution in [2.45, 2.75) is 45.1 Å². The largest absolute Gasteiger partial charge is 0.478 e. The molecule has 1 N–H and O–H groups in total. The predicted octanol–water partition coefficient (Wildman–Crippen LogP) is 2.27. The van der Waals surface area contributed by atoms with Crippen LogP contribution in [0, 0.1) is 0 Å². The molecule has 0 bridgehead atoms. The molecule has 0 aromatic carbocycles. The van der Waals surface area contributed by atoms with Gasteiger partial charge in [-0.05, 0) is 50.7 Å². The molecule has 21 heavy (non-hydrogen) atoms. The molecule has 0 amide bonds. The third kappa shape index (κ3) is 3.02. The Morgan fingerprint density at radius 1 is 1.38 bits per heavy atom. The lowest BCUT2D eigenvalue weighted by Crippen LogP contribution is -2.32. The van der Waals surface area contributed by atoms with Crippen molar-refractivity contribution < 1.29 is 14.6 Å². The summed E-state index contributed by atoms with van der Waals surface area (Å²) in [5.74, 6) is -0.260. The number of anilines is 1. The summed E-state index contributed by atoms with van der Waals surface area (Å²) in [5, 5.41) is 9.54. The number of hydrogen-bond acceptors (Lipinski definition) is 4. The zero-order valence-electron chi connectivity index (χ0n) is 12.5. The van der Waals surface area contributed by atoms with Crippen LogP contribution in [0.3, 0.4) is 0 Å². The molecule has 0 radical (unpaired) electrons. The van der Waals surface area contributed by atoms with Gasteiger partial charge in [-0.2, -0.15) is 0 Å². The number of aromatic carboxylic acids is 1. The van der Waals surface area contributed by atoms with E-state index in [1.54, 1.807) is 0 Å². The summed E-state index contributed by atoms with van der Waals surface area (Å²) < 4.78 is 5.65. The van der Waals surface area contributed by atoms with Crippen LogP contribution in [-0.2, 0) is 17.6 Å². The average Bonchev–Trinajstić information content (AvgIpc) is 2.70. The van der Waals surface area contributed by atoms with Crippen molar-refractivity contribution in [3.63, 3.8) is 0 Å². The minimum absolute atomic E-state index is 0.104. The van der Waals surface area contributed by atoms with Crippen molar-refractivity contribution in [1.82, 2.24) is 4.98 Å². The number of carboxylic acid groups (broad SMARTS) is 1. The highest BCUT2D eigenvalue weighted by Gasteiger charge is 2.24. The summed E-state index contributed by atoms with van der Waals surface area (Å²) >= 11 is 0. The molecule has 1 aliphatic heterocycles. The first kappa shape index (κ1) is 14.3. The maximum Gasteiger partial charge on any atom is 0.339 e. The van der Waals surface area contributed by atoms with Crippen molar-refractivity contribution in [3.05, 3.63) is 22.9 Å². The Morgan fingerprint density at radius 3 is 3.00 bits per heavy atom. The number of nitrogens with zero attached hydrogens (tertiary/aromatic N) is 2. The summed E-state index contributed by atoms with van der Waals surface area (Å²) in [7, 11) is 0. The lowest BCUT2D eigenvalue weighted by molar-refractivity contribution is 0.0695. The number of carbonyl (C=O) groups is 1. The van der Waals surface area contributed by atoms with E-state index >= 15 is 0 Å². The van der Waals surface area contributed by atoms with E-state index in [2.05, 4.69) is 4.90 Å². The van der Waals surface area contributed by atoms with Crippen LogP contribution in [0.4, 0.5) is 5.82 Å². The van der Waals surface area contributed by atoms with E-state index < -0.39 is 5.97 Å². The molecule has 1 aliphatic carbocycles. The molecule has 2 heterocycles. The van der Waals surface area contributed by atoms with Gasteiger partial charge in [-0.15, -0.1) is 0 Å². The molecule has 1 unspecified atom stereocenters. The van der Waals surface area contributed by atoms with Gasteiger partial charge in [0.2, 0.25) is 0 Å². The highest BCUT2D eigenvalue weighted by atomic mass is 16.5. The second kappa shape index (κ2) is 6.02. The van der Waals surface area contributed by atoms with E-state index in [-0.39, 0.29) is 6.10 Å². The summed E-state index contributed by atoms with van der Waals surface area (Å²) in [6.07, 6.45) is 5.19. The molecular formula is C16H22N2O3. The number of carboxylic acids is 1. The molecule has 114 valence electrons. The Morgan fingerprint density at radius 2 is 2.19 bits per heavy atom. The van der Waals surface area contributed by atoms with E-state index in [4.69, 9.17) is 9.72 Å². The number of hydrogen-bond donors (Lipinski definition) is 1. The first-order valence-corrected chi connectivity index (χ1v) is 7.78. The van der Waals surface area contributed by atoms with Gasteiger partial charge in [-0.25, -0.2) is 9.78 Å². The fraction of sp³-hybridized carbons (Fsp3) is 0.625. The highest BCUT2D eigenvalue weighted by molar-refractivity contribution is 5.93. The summed E-state index contributed by atoms with van der Waals surface area (Å²) in [5.41, 5.74) is 2.53. The van der Waals surface area contributed by atoms with Gasteiger partial charge in [-0.3, -0.25) is 0 Å². The average molecular weight is 290 g/mol. The van der Waals surface area contributed by atoms with Crippen LogP contribution >= 0.6 is 0 Å². The first-order valence-electron chi connectivity index (χ1n) is 7.78. The quantitative estimate of drug-likeness (QED) is 0.905. The number of aromatic nitrogens is 1. The molecule has 1 fully saturated rings. The molecule has 1 atom stereocenters. The van der Waals surface area contributed by atoms with Gasteiger partial charge in [0.1, 0.15) is 11.4 Å². The maximum atomic E-state index is 11.6. The Bertz CT molecular complexity index is 545. The molecule has 3 rings (SSSR count). The molecule has 1 aromatic rings. The van der Waals surface area contributed by atoms with Crippen LogP contribution in [0.1, 0.15) is 47.8 Å². The molecule has 0 saturated carbocycles. The first-order chi connectivity index (χ1) is 10.1. The van der Waals surface area contributed by atoms with E-state index in [1.807, 2.05) is 13.0 Å². The summed E-state index contributed by atoms with van der Waals surface area (Å²) in [6.45, 7) is 4.25. The highest BCUT2D eigenvalue weighted by Crippen LogP contribution is 2.28. The minimum Gasteiger partial charge on any atom is -0.478 e. The smallest absolute Gasteiger partial charge is 0.339 e. The van der Waals surface area contributed by atoms with E-state index in [0.717, 1.165) is 56.5 Å². The Balaban J connectivity index is 2.00. The van der Waals surface area contributed by atoms with Crippen LogP contribution in [0.15, 0.2) is 6.07 Å². The fourth-order valence-corrected chi connectivity index (χ4v) is 3.21. The molecule has 1 aromatic heterocycles. The number of pyridine rings is 1. The molecular weight excluding hydrogens is 268 g/mol. The summed E-state index contributed by atoms with van der Waals surface area (Å²) in [6, 6.07) is 1.84. The second-order valence-electron chi connectivity index (χ2n) is 5.96. The van der Waals surface area contributed by atoms with Gasteiger partial charge in [-0.1, -0.05) is 0 Å². The lowest BCUT2D eigenvalue weighted by Gasteiger charge is -2.27. The van der Waals surface area contributed by atoms with Crippen LogP contribution in [0.25, 0.3) is 0 Å². The van der Waals surface area contributed by atoms with Gasteiger partial charge in [0.25, 0.3) is 0 Å². The van der Waals surface area contributed by atoms with E-state index in [1.165, 1.54) is 0 Å². The fourth-order valence-electron chi connectivity index (χ4n) is 3.21. The lowest BCUT2D eigenvalue weighted by atomic mass is 9.94. The number of aryl methyl sites for hydroxylation is 2. The van der Waals surface area contributed by atoms with Crippen molar-refractivity contribution in [2.75, 3.05) is 24.6 Å². The second-order valence-corrected chi connectivity index (χ2v) is 5.96. The van der Waals surface area contributed by atoms with Crippen molar-refractivity contribution >= 4 is 11.8 Å². The number of rotatable bonds is 2. The summed E-state index contributed by atoms with van der Waals surface area (Å²) in [4.78, 5) is 18.4. The molecule has 2 aliphatic rings. The van der Waals surface area contributed by atoms with Crippen LogP contribution < -0.4 is 4.90 Å². The van der Waals surface area contributed by atoms with Crippen molar-refractivity contribution in [1.29, 1.82) is 0 Å². The van der Waals surface area contributed by atoms with Gasteiger partial charge in [0.05, 0.1) is 6.10 Å². The van der Waals surface area contributed by atoms with Crippen LogP contribution in [0.2, 0.25) is 0 Å². The molecule has 0 spiro atoms. The monoisotopic (exact) mass is 290 g/mol. The molecule has 1 saturated heterocycles. The topological polar surface area (TPSA) is 62.7 Å². The van der Waals surface area contributed by atoms with Crippen molar-refractivity contribution in [3.8, 4) is 0 Å². The van der Waals surface area contributed by atoms with Crippen LogP contribution in [0.5, 0.6) is 0 Å². The predicted molar refractivity (Wildman–Crippen MR) is 80.1 cm³/mol. The number of fused-ring (bicyclic) bond motifs is 1. The van der Waals surface area contributed by atoms with Gasteiger partial charge in [0.15, 0.2) is 0 Å². The Labute approximate surface area is 124 Å². The maximum absolute atomic E-state index is 11.6. The zero-order valence-corrected chi connectivity index (χ0v) is 12.5. The molecule has 5 nitrogen and oxygen atoms in total. The molecule has 5 heteroatoms. The van der Waals surface area contributed by atoms with Crippen LogP contribution in [-0.4, -0.2) is 41.9 Å². The third-order valence-corrected chi connectivity index (χ3v) is 4.26. The Kier molecular flexibility index (Phi) is 4.10. The Hall–Kier alpha value is -1.62. The SMILES string of the molecule is CC1CN(c2nc3c(cc2C(=O)O)CCCC3)CCCO1. The zero-order chi connectivity index (χ0) is 14.8. The minimum atomic E-state index is -0.885. The normalized spacial score (nSPS) is 22.5. The van der Waals surface area contributed by atoms with Crippen molar-refractivity contribution in [2.24, 2.45) is 0 Å². The van der Waals surface area contributed by atoms with E-state index in [9.17, 15) is 9.90 Å². The standard InChI is InChI=1S/C16H22N2O3/c1-11-10-18(7-4-8-21-11)15-13(16(19)20)9-12-5-2-3-6-14(12)17-15/h9,11H,2-8,10H2,1H3,(H,19,20). The third-order valence-electron chi connectivity index (χ3n) is 4.26. The van der Waals surface area contributed by atoms with E-state index in [0.29, 0.717) is 17.9 Å². The van der Waals surface area contributed by atoms with Gasteiger partial charge >= 0.3 is 5.97 Å². The van der Waals surface area contributed by atoms with Gasteiger partial charge in [0, 0.05) is 25.4 Å².